The maximum absolute atomic E-state index is 11.1. The summed E-state index contributed by atoms with van der Waals surface area (Å²) >= 11 is 0. The minimum absolute atomic E-state index is 0.0882. The number of hydrogen-bond donors (Lipinski definition) is 1. The van der Waals surface area contributed by atoms with Crippen LogP contribution >= 0.6 is 0 Å². The highest BCUT2D eigenvalue weighted by Gasteiger charge is 2.13. The van der Waals surface area contributed by atoms with Gasteiger partial charge in [0.1, 0.15) is 17.9 Å². The molecule has 106 valence electrons. The second-order valence-electron chi connectivity index (χ2n) is 4.55. The topological polar surface area (TPSA) is 77.2 Å². The van der Waals surface area contributed by atoms with Crippen LogP contribution in [0, 0.1) is 0 Å². The number of ether oxygens (including phenoxy) is 1. The van der Waals surface area contributed by atoms with E-state index in [1.165, 1.54) is 18.5 Å². The van der Waals surface area contributed by atoms with Gasteiger partial charge in [0.2, 0.25) is 0 Å². The van der Waals surface area contributed by atoms with Crippen molar-refractivity contribution in [2.24, 2.45) is 7.05 Å². The van der Waals surface area contributed by atoms with Gasteiger partial charge >= 0.3 is 5.97 Å². The van der Waals surface area contributed by atoms with Crippen molar-refractivity contribution in [3.8, 4) is 5.75 Å². The SMILES string of the molecule is Cn1nc(COc2cnccc2C(=O)O)c2ccccc21. The summed E-state index contributed by atoms with van der Waals surface area (Å²) in [5.41, 5.74) is 1.85. The van der Waals surface area contributed by atoms with Crippen molar-refractivity contribution in [2.45, 2.75) is 6.61 Å². The van der Waals surface area contributed by atoms with E-state index in [9.17, 15) is 4.79 Å². The summed E-state index contributed by atoms with van der Waals surface area (Å²) in [6.07, 6.45) is 2.82. The summed E-state index contributed by atoms with van der Waals surface area (Å²) in [4.78, 5) is 15.0. The van der Waals surface area contributed by atoms with Gasteiger partial charge in [-0.2, -0.15) is 5.10 Å². The lowest BCUT2D eigenvalue weighted by Crippen LogP contribution is -2.04. The molecule has 1 aromatic carbocycles. The third-order valence-electron chi connectivity index (χ3n) is 3.21. The summed E-state index contributed by atoms with van der Waals surface area (Å²) in [5.74, 6) is -0.807. The van der Waals surface area contributed by atoms with E-state index in [1.807, 2.05) is 31.3 Å². The predicted octanol–water partition coefficient (Wildman–Crippen LogP) is 2.25. The lowest BCUT2D eigenvalue weighted by atomic mass is 10.2. The van der Waals surface area contributed by atoms with Gasteiger partial charge in [0.15, 0.2) is 5.75 Å². The first-order valence-electron chi connectivity index (χ1n) is 6.37. The Morgan fingerprint density at radius 3 is 2.95 bits per heavy atom. The molecule has 0 saturated heterocycles. The molecule has 0 unspecified atom stereocenters. The van der Waals surface area contributed by atoms with Crippen LogP contribution in [0.1, 0.15) is 16.1 Å². The molecule has 0 atom stereocenters. The normalized spacial score (nSPS) is 10.7. The molecular weight excluding hydrogens is 270 g/mol. The highest BCUT2D eigenvalue weighted by atomic mass is 16.5. The molecule has 0 fully saturated rings. The first-order chi connectivity index (χ1) is 10.2. The monoisotopic (exact) mass is 283 g/mol. The fraction of sp³-hybridized carbons (Fsp3) is 0.133. The molecule has 0 aliphatic heterocycles. The number of aryl methyl sites for hydroxylation is 1. The highest BCUT2D eigenvalue weighted by Crippen LogP contribution is 2.21. The number of para-hydroxylation sites is 1. The molecule has 6 nitrogen and oxygen atoms in total. The molecule has 0 radical (unpaired) electrons. The van der Waals surface area contributed by atoms with Gasteiger partial charge in [0.05, 0.1) is 11.7 Å². The number of rotatable bonds is 4. The van der Waals surface area contributed by atoms with E-state index in [2.05, 4.69) is 10.1 Å². The fourth-order valence-electron chi connectivity index (χ4n) is 2.21. The molecule has 0 aliphatic carbocycles. The third-order valence-corrected chi connectivity index (χ3v) is 3.21. The largest absolute Gasteiger partial charge is 0.485 e. The molecule has 0 bridgehead atoms. The van der Waals surface area contributed by atoms with E-state index >= 15 is 0 Å². The van der Waals surface area contributed by atoms with Crippen LogP contribution in [0.5, 0.6) is 5.75 Å². The van der Waals surface area contributed by atoms with E-state index in [-0.39, 0.29) is 17.9 Å². The standard InChI is InChI=1S/C15H13N3O3/c1-18-13-5-3-2-4-10(13)12(17-18)9-21-14-8-16-7-6-11(14)15(19)20/h2-8H,9H2,1H3,(H,19,20). The second-order valence-corrected chi connectivity index (χ2v) is 4.55. The number of hydrogen-bond acceptors (Lipinski definition) is 4. The number of pyridine rings is 1. The highest BCUT2D eigenvalue weighted by molar-refractivity contribution is 5.90. The Morgan fingerprint density at radius 1 is 1.33 bits per heavy atom. The molecule has 3 rings (SSSR count). The first kappa shape index (κ1) is 13.1. The molecule has 0 spiro atoms. The number of aromatic carboxylic acids is 1. The molecule has 2 aromatic heterocycles. The molecule has 21 heavy (non-hydrogen) atoms. The van der Waals surface area contributed by atoms with Crippen LogP contribution in [0.4, 0.5) is 0 Å². The van der Waals surface area contributed by atoms with Crippen LogP contribution in [0.3, 0.4) is 0 Å². The van der Waals surface area contributed by atoms with Crippen LogP contribution in [-0.4, -0.2) is 25.8 Å². The second kappa shape index (κ2) is 5.24. The fourth-order valence-corrected chi connectivity index (χ4v) is 2.21. The number of carboxylic acid groups (broad SMARTS) is 1. The molecule has 0 saturated carbocycles. The van der Waals surface area contributed by atoms with Crippen molar-refractivity contribution in [1.29, 1.82) is 0 Å². The van der Waals surface area contributed by atoms with E-state index in [1.54, 1.807) is 4.68 Å². The summed E-state index contributed by atoms with van der Waals surface area (Å²) in [6.45, 7) is 0.188. The Morgan fingerprint density at radius 2 is 2.14 bits per heavy atom. The quantitative estimate of drug-likeness (QED) is 0.794. The minimum atomic E-state index is -1.04. The van der Waals surface area contributed by atoms with Crippen molar-refractivity contribution in [1.82, 2.24) is 14.8 Å². The van der Waals surface area contributed by atoms with Crippen molar-refractivity contribution in [3.05, 3.63) is 54.0 Å². The van der Waals surface area contributed by atoms with E-state index in [4.69, 9.17) is 9.84 Å². The number of carboxylic acids is 1. The molecular formula is C15H13N3O3. The van der Waals surface area contributed by atoms with Gasteiger partial charge in [-0.15, -0.1) is 0 Å². The van der Waals surface area contributed by atoms with Crippen LogP contribution in [-0.2, 0) is 13.7 Å². The zero-order chi connectivity index (χ0) is 14.8. The van der Waals surface area contributed by atoms with E-state index in [0.29, 0.717) is 0 Å². The Balaban J connectivity index is 1.89. The van der Waals surface area contributed by atoms with Gasteiger partial charge in [-0.3, -0.25) is 9.67 Å². The number of carbonyl (C=O) groups is 1. The zero-order valence-corrected chi connectivity index (χ0v) is 11.4. The predicted molar refractivity (Wildman–Crippen MR) is 76.2 cm³/mol. The average Bonchev–Trinajstić information content (AvgIpc) is 2.82. The van der Waals surface area contributed by atoms with E-state index in [0.717, 1.165) is 16.6 Å². The maximum atomic E-state index is 11.1. The molecule has 0 aliphatic rings. The van der Waals surface area contributed by atoms with Crippen LogP contribution < -0.4 is 4.74 Å². The van der Waals surface area contributed by atoms with Crippen molar-refractivity contribution < 1.29 is 14.6 Å². The van der Waals surface area contributed by atoms with Gasteiger partial charge in [-0.1, -0.05) is 18.2 Å². The zero-order valence-electron chi connectivity index (χ0n) is 11.4. The number of aromatic nitrogens is 3. The third kappa shape index (κ3) is 2.43. The van der Waals surface area contributed by atoms with Crippen LogP contribution in [0.25, 0.3) is 10.9 Å². The van der Waals surface area contributed by atoms with Gasteiger partial charge < -0.3 is 9.84 Å². The van der Waals surface area contributed by atoms with Crippen LogP contribution in [0.15, 0.2) is 42.7 Å². The van der Waals surface area contributed by atoms with Gasteiger partial charge in [-0.25, -0.2) is 4.79 Å². The molecule has 2 heterocycles. The molecule has 6 heteroatoms. The smallest absolute Gasteiger partial charge is 0.339 e. The Kier molecular flexibility index (Phi) is 3.27. The Labute approximate surface area is 120 Å². The Bertz CT molecular complexity index is 811. The summed E-state index contributed by atoms with van der Waals surface area (Å²) in [7, 11) is 1.86. The minimum Gasteiger partial charge on any atom is -0.485 e. The first-order valence-corrected chi connectivity index (χ1v) is 6.37. The average molecular weight is 283 g/mol. The van der Waals surface area contributed by atoms with Crippen molar-refractivity contribution >= 4 is 16.9 Å². The molecule has 3 aromatic rings. The van der Waals surface area contributed by atoms with Crippen molar-refractivity contribution in [3.63, 3.8) is 0 Å². The van der Waals surface area contributed by atoms with Gasteiger partial charge in [0, 0.05) is 18.6 Å². The molecule has 1 N–H and O–H groups in total. The lowest BCUT2D eigenvalue weighted by molar-refractivity contribution is 0.0691. The van der Waals surface area contributed by atoms with E-state index < -0.39 is 5.97 Å². The maximum Gasteiger partial charge on any atom is 0.339 e. The van der Waals surface area contributed by atoms with Crippen LogP contribution in [0.2, 0.25) is 0 Å². The number of fused-ring (bicyclic) bond motifs is 1. The van der Waals surface area contributed by atoms with Gasteiger partial charge in [-0.05, 0) is 12.1 Å². The van der Waals surface area contributed by atoms with Gasteiger partial charge in [0.25, 0.3) is 0 Å². The number of benzene rings is 1. The summed E-state index contributed by atoms with van der Waals surface area (Å²) in [6, 6.07) is 9.22. The lowest BCUT2D eigenvalue weighted by Gasteiger charge is -2.06. The molecule has 0 amide bonds. The van der Waals surface area contributed by atoms with Crippen molar-refractivity contribution in [2.75, 3.05) is 0 Å². The summed E-state index contributed by atoms with van der Waals surface area (Å²) in [5, 5.41) is 14.5. The number of nitrogens with zero attached hydrogens (tertiary/aromatic N) is 3. The summed E-state index contributed by atoms with van der Waals surface area (Å²) < 4.78 is 7.36. The Hall–Kier alpha value is -2.89.